The van der Waals surface area contributed by atoms with Crippen molar-refractivity contribution in [3.05, 3.63) is 11.9 Å². The molecule has 122 valence electrons. The topological polar surface area (TPSA) is 57.0 Å². The van der Waals surface area contributed by atoms with Crippen molar-refractivity contribution in [3.63, 3.8) is 0 Å². The van der Waals surface area contributed by atoms with E-state index in [0.717, 1.165) is 18.5 Å². The molecule has 0 aromatic carbocycles. The van der Waals surface area contributed by atoms with Gasteiger partial charge in [-0.25, -0.2) is 4.68 Å². The van der Waals surface area contributed by atoms with Crippen LogP contribution in [0.15, 0.2) is 6.20 Å². The predicted octanol–water partition coefficient (Wildman–Crippen LogP) is 3.16. The van der Waals surface area contributed by atoms with Gasteiger partial charge in [-0.05, 0) is 43.4 Å². The van der Waals surface area contributed by atoms with Gasteiger partial charge < -0.3 is 4.74 Å². The predicted molar refractivity (Wildman–Crippen MR) is 83.2 cm³/mol. The van der Waals surface area contributed by atoms with Crippen LogP contribution in [0, 0.1) is 17.8 Å². The van der Waals surface area contributed by atoms with Gasteiger partial charge in [0.15, 0.2) is 0 Å². The third-order valence-electron chi connectivity index (χ3n) is 5.09. The number of rotatable bonds is 5. The van der Waals surface area contributed by atoms with Crippen molar-refractivity contribution in [2.24, 2.45) is 17.8 Å². The Labute approximate surface area is 132 Å². The molecule has 2 saturated carbocycles. The number of carbonyl (C=O) groups is 1. The zero-order chi connectivity index (χ0) is 15.7. The normalized spacial score (nSPS) is 28.8. The van der Waals surface area contributed by atoms with Crippen LogP contribution >= 0.6 is 0 Å². The molecule has 0 bridgehead atoms. The monoisotopic (exact) mass is 305 g/mol. The molecular formula is C17H27N3O2. The molecule has 2 aliphatic carbocycles. The van der Waals surface area contributed by atoms with Gasteiger partial charge in [0.25, 0.3) is 0 Å². The van der Waals surface area contributed by atoms with Crippen LogP contribution in [0.5, 0.6) is 0 Å². The van der Waals surface area contributed by atoms with E-state index in [1.165, 1.54) is 19.3 Å². The van der Waals surface area contributed by atoms with E-state index in [1.807, 2.05) is 6.20 Å². The Balaban J connectivity index is 1.56. The summed E-state index contributed by atoms with van der Waals surface area (Å²) < 4.78 is 7.42. The fraction of sp³-hybridized carbons (Fsp3) is 0.824. The van der Waals surface area contributed by atoms with E-state index in [9.17, 15) is 4.79 Å². The van der Waals surface area contributed by atoms with E-state index in [1.54, 1.807) is 4.68 Å². The molecule has 2 fully saturated rings. The lowest BCUT2D eigenvalue weighted by atomic mass is 9.75. The van der Waals surface area contributed by atoms with Crippen molar-refractivity contribution in [2.45, 2.75) is 71.4 Å². The molecule has 0 aliphatic heterocycles. The second kappa shape index (κ2) is 6.39. The van der Waals surface area contributed by atoms with Gasteiger partial charge in [-0.1, -0.05) is 32.4 Å². The van der Waals surface area contributed by atoms with Crippen molar-refractivity contribution in [2.75, 3.05) is 0 Å². The highest BCUT2D eigenvalue weighted by Crippen LogP contribution is 2.38. The van der Waals surface area contributed by atoms with E-state index in [4.69, 9.17) is 4.74 Å². The van der Waals surface area contributed by atoms with E-state index in [0.29, 0.717) is 23.7 Å². The number of nitrogens with zero attached hydrogens (tertiary/aromatic N) is 3. The van der Waals surface area contributed by atoms with Crippen molar-refractivity contribution < 1.29 is 9.53 Å². The fourth-order valence-corrected chi connectivity index (χ4v) is 3.55. The highest BCUT2D eigenvalue weighted by atomic mass is 16.5. The third-order valence-corrected chi connectivity index (χ3v) is 5.09. The molecule has 0 N–H and O–H groups in total. The second-order valence-electron chi connectivity index (χ2n) is 7.47. The van der Waals surface area contributed by atoms with Crippen LogP contribution in [0.3, 0.4) is 0 Å². The van der Waals surface area contributed by atoms with Crippen LogP contribution in [0.25, 0.3) is 0 Å². The molecule has 0 unspecified atom stereocenters. The summed E-state index contributed by atoms with van der Waals surface area (Å²) >= 11 is 0. The molecule has 1 heterocycles. The van der Waals surface area contributed by atoms with Crippen LogP contribution < -0.4 is 0 Å². The van der Waals surface area contributed by atoms with Gasteiger partial charge in [0.1, 0.15) is 12.6 Å². The van der Waals surface area contributed by atoms with Gasteiger partial charge in [-0.2, -0.15) is 0 Å². The van der Waals surface area contributed by atoms with E-state index in [2.05, 4.69) is 31.1 Å². The number of esters is 1. The molecule has 0 spiro atoms. The summed E-state index contributed by atoms with van der Waals surface area (Å²) in [5.74, 6) is 2.06. The average Bonchev–Trinajstić information content (AvgIpc) is 3.19. The van der Waals surface area contributed by atoms with Crippen molar-refractivity contribution >= 4 is 5.97 Å². The van der Waals surface area contributed by atoms with E-state index >= 15 is 0 Å². The third kappa shape index (κ3) is 3.68. The molecular weight excluding hydrogens is 278 g/mol. The first-order valence-corrected chi connectivity index (χ1v) is 8.62. The van der Waals surface area contributed by atoms with Crippen molar-refractivity contribution in [1.82, 2.24) is 15.0 Å². The average molecular weight is 305 g/mol. The smallest absolute Gasteiger partial charge is 0.328 e. The van der Waals surface area contributed by atoms with E-state index in [-0.39, 0.29) is 18.6 Å². The first-order chi connectivity index (χ1) is 10.5. The van der Waals surface area contributed by atoms with Crippen LogP contribution in [0.1, 0.15) is 64.5 Å². The maximum atomic E-state index is 12.2. The van der Waals surface area contributed by atoms with Gasteiger partial charge in [0.05, 0.1) is 5.69 Å². The molecule has 0 radical (unpaired) electrons. The summed E-state index contributed by atoms with van der Waals surface area (Å²) in [5.41, 5.74) is 1.01. The largest absolute Gasteiger partial charge is 0.461 e. The van der Waals surface area contributed by atoms with Gasteiger partial charge in [0.2, 0.25) is 0 Å². The number of aromatic nitrogens is 3. The van der Waals surface area contributed by atoms with Crippen LogP contribution in [0.4, 0.5) is 0 Å². The maximum Gasteiger partial charge on any atom is 0.328 e. The highest BCUT2D eigenvalue weighted by molar-refractivity contribution is 5.69. The Morgan fingerprint density at radius 2 is 2.14 bits per heavy atom. The summed E-state index contributed by atoms with van der Waals surface area (Å²) in [6, 6.07) is 0. The summed E-state index contributed by atoms with van der Waals surface area (Å²) in [6.45, 7) is 6.87. The van der Waals surface area contributed by atoms with E-state index < -0.39 is 0 Å². The summed E-state index contributed by atoms with van der Waals surface area (Å²) in [4.78, 5) is 12.2. The van der Waals surface area contributed by atoms with Crippen LogP contribution in [0.2, 0.25) is 0 Å². The Bertz CT molecular complexity index is 522. The minimum Gasteiger partial charge on any atom is -0.461 e. The van der Waals surface area contributed by atoms with Gasteiger partial charge >= 0.3 is 5.97 Å². The first kappa shape index (κ1) is 15.5. The molecule has 1 aromatic rings. The van der Waals surface area contributed by atoms with Crippen molar-refractivity contribution in [1.29, 1.82) is 0 Å². The number of hydrogen-bond acceptors (Lipinski definition) is 4. The first-order valence-electron chi connectivity index (χ1n) is 8.62. The highest BCUT2D eigenvalue weighted by Gasteiger charge is 2.33. The lowest BCUT2D eigenvalue weighted by Crippen LogP contribution is -2.36. The Morgan fingerprint density at radius 3 is 2.82 bits per heavy atom. The lowest BCUT2D eigenvalue weighted by molar-refractivity contribution is -0.156. The van der Waals surface area contributed by atoms with Gasteiger partial charge in [0, 0.05) is 12.1 Å². The molecule has 22 heavy (non-hydrogen) atoms. The summed E-state index contributed by atoms with van der Waals surface area (Å²) in [7, 11) is 0. The number of hydrogen-bond donors (Lipinski definition) is 0. The molecule has 1 aromatic heterocycles. The lowest BCUT2D eigenvalue weighted by Gasteiger charge is -2.36. The minimum atomic E-state index is -0.183. The quantitative estimate of drug-likeness (QED) is 0.784. The molecule has 2 aliphatic rings. The molecule has 0 amide bonds. The Kier molecular flexibility index (Phi) is 4.50. The zero-order valence-electron chi connectivity index (χ0n) is 13.9. The summed E-state index contributed by atoms with van der Waals surface area (Å²) in [6.07, 6.45) is 7.72. The molecule has 3 rings (SSSR count). The van der Waals surface area contributed by atoms with Crippen LogP contribution in [-0.4, -0.2) is 27.1 Å². The Hall–Kier alpha value is -1.39. The molecule has 0 saturated heterocycles. The summed E-state index contributed by atoms with van der Waals surface area (Å²) in [5, 5.41) is 8.18. The zero-order valence-corrected chi connectivity index (χ0v) is 13.9. The SMILES string of the molecule is CC(C)[C@H]1CC[C@H](C)C[C@@H]1OC(=O)Cn1cc(C2CC2)nn1. The standard InChI is InChI=1S/C17H27N3O2/c1-11(2)14-7-4-12(3)8-16(14)22-17(21)10-20-9-15(18-19-20)13-5-6-13/h9,11-14,16H,4-8,10H2,1-3H3/t12-,14+,16-/m0/s1. The molecule has 3 atom stereocenters. The second-order valence-corrected chi connectivity index (χ2v) is 7.47. The van der Waals surface area contributed by atoms with Gasteiger partial charge in [-0.15, -0.1) is 5.10 Å². The molecule has 5 nitrogen and oxygen atoms in total. The minimum absolute atomic E-state index is 0.0580. The Morgan fingerprint density at radius 1 is 1.36 bits per heavy atom. The van der Waals surface area contributed by atoms with Crippen molar-refractivity contribution in [3.8, 4) is 0 Å². The number of ether oxygens (including phenoxy) is 1. The maximum absolute atomic E-state index is 12.2. The van der Waals surface area contributed by atoms with Crippen LogP contribution in [-0.2, 0) is 16.1 Å². The molecule has 5 heteroatoms. The van der Waals surface area contributed by atoms with Gasteiger partial charge in [-0.3, -0.25) is 4.79 Å². The fourth-order valence-electron chi connectivity index (χ4n) is 3.55. The number of carbonyl (C=O) groups excluding carboxylic acids is 1.